The Balaban J connectivity index is 1.48. The van der Waals surface area contributed by atoms with Gasteiger partial charge in [-0.15, -0.1) is 0 Å². The van der Waals surface area contributed by atoms with Crippen LogP contribution >= 0.6 is 0 Å². The molecule has 0 unspecified atom stereocenters. The maximum absolute atomic E-state index is 12.1. The molecule has 0 fully saturated rings. The molecule has 0 spiro atoms. The molecule has 3 rings (SSSR count). The summed E-state index contributed by atoms with van der Waals surface area (Å²) in [5.74, 6) is 0.488. The van der Waals surface area contributed by atoms with Gasteiger partial charge in [0.2, 0.25) is 0 Å². The second kappa shape index (κ2) is 9.59. The van der Waals surface area contributed by atoms with Crippen LogP contribution in [0.5, 0.6) is 11.5 Å². The number of aryl methyl sites for hydroxylation is 1. The highest BCUT2D eigenvalue weighted by Gasteiger charge is 2.10. The minimum absolute atomic E-state index is 0.152. The standard InChI is InChI=1S/C23H23NO5/c1-27-20-11-16(12-21(14-20)28-2)7-10-23(26)29-15-22(25)24-19-9-8-17-5-3-4-6-18(17)13-19/h3-6,8-9,11-14H,7,10,15H2,1-2H3,(H,24,25). The maximum Gasteiger partial charge on any atom is 0.306 e. The monoisotopic (exact) mass is 393 g/mol. The Kier molecular flexibility index (Phi) is 6.68. The third kappa shape index (κ3) is 5.72. The largest absolute Gasteiger partial charge is 0.497 e. The second-order valence-corrected chi connectivity index (χ2v) is 6.49. The summed E-state index contributed by atoms with van der Waals surface area (Å²) in [5, 5.41) is 4.86. The summed E-state index contributed by atoms with van der Waals surface area (Å²) in [6.07, 6.45) is 0.609. The van der Waals surface area contributed by atoms with Gasteiger partial charge in [0.1, 0.15) is 11.5 Å². The Morgan fingerprint density at radius 3 is 2.24 bits per heavy atom. The Morgan fingerprint density at radius 1 is 0.862 bits per heavy atom. The van der Waals surface area contributed by atoms with E-state index in [0.717, 1.165) is 16.3 Å². The number of benzene rings is 3. The Morgan fingerprint density at radius 2 is 1.55 bits per heavy atom. The van der Waals surface area contributed by atoms with Crippen LogP contribution in [0.2, 0.25) is 0 Å². The van der Waals surface area contributed by atoms with Crippen molar-refractivity contribution < 1.29 is 23.8 Å². The molecule has 0 aliphatic rings. The summed E-state index contributed by atoms with van der Waals surface area (Å²) >= 11 is 0. The number of anilines is 1. The highest BCUT2D eigenvalue weighted by atomic mass is 16.5. The smallest absolute Gasteiger partial charge is 0.306 e. The minimum atomic E-state index is -0.444. The molecule has 1 N–H and O–H groups in total. The van der Waals surface area contributed by atoms with Crippen LogP contribution < -0.4 is 14.8 Å². The predicted molar refractivity (Wildman–Crippen MR) is 111 cm³/mol. The normalized spacial score (nSPS) is 10.4. The van der Waals surface area contributed by atoms with E-state index in [1.54, 1.807) is 20.3 Å². The molecule has 0 aliphatic heterocycles. The number of nitrogens with one attached hydrogen (secondary N) is 1. The summed E-state index contributed by atoms with van der Waals surface area (Å²) in [4.78, 5) is 24.1. The van der Waals surface area contributed by atoms with Gasteiger partial charge in [-0.2, -0.15) is 0 Å². The van der Waals surface area contributed by atoms with Gasteiger partial charge in [0.25, 0.3) is 5.91 Å². The van der Waals surface area contributed by atoms with Gasteiger partial charge < -0.3 is 19.5 Å². The first-order valence-corrected chi connectivity index (χ1v) is 9.23. The first kappa shape index (κ1) is 20.2. The third-order valence-corrected chi connectivity index (χ3v) is 4.43. The van der Waals surface area contributed by atoms with Crippen molar-refractivity contribution in [3.63, 3.8) is 0 Å². The molecule has 1 amide bonds. The number of rotatable bonds is 8. The van der Waals surface area contributed by atoms with E-state index < -0.39 is 5.97 Å². The van der Waals surface area contributed by atoms with Crippen LogP contribution in [0.25, 0.3) is 10.8 Å². The number of carbonyl (C=O) groups excluding carboxylic acids is 2. The number of amides is 1. The molecule has 0 radical (unpaired) electrons. The van der Waals surface area contributed by atoms with E-state index in [9.17, 15) is 9.59 Å². The van der Waals surface area contributed by atoms with Crippen LogP contribution in [0, 0.1) is 0 Å². The average molecular weight is 393 g/mol. The maximum atomic E-state index is 12.1. The molecule has 0 aromatic heterocycles. The van der Waals surface area contributed by atoms with Crippen molar-refractivity contribution in [2.45, 2.75) is 12.8 Å². The lowest BCUT2D eigenvalue weighted by Crippen LogP contribution is -2.21. The molecule has 0 atom stereocenters. The quantitative estimate of drug-likeness (QED) is 0.586. The lowest BCUT2D eigenvalue weighted by molar-refractivity contribution is -0.147. The van der Waals surface area contributed by atoms with Crippen molar-refractivity contribution in [1.82, 2.24) is 0 Å². The number of carbonyl (C=O) groups is 2. The molecule has 6 nitrogen and oxygen atoms in total. The summed E-state index contributed by atoms with van der Waals surface area (Å²) in [5.41, 5.74) is 1.55. The molecule has 0 saturated heterocycles. The molecule has 0 saturated carbocycles. The molecule has 3 aromatic carbocycles. The molecule has 150 valence electrons. The third-order valence-electron chi connectivity index (χ3n) is 4.43. The lowest BCUT2D eigenvalue weighted by atomic mass is 10.1. The SMILES string of the molecule is COc1cc(CCC(=O)OCC(=O)Nc2ccc3ccccc3c2)cc(OC)c1. The molecule has 6 heteroatoms. The van der Waals surface area contributed by atoms with E-state index in [0.29, 0.717) is 23.6 Å². The first-order valence-electron chi connectivity index (χ1n) is 9.23. The van der Waals surface area contributed by atoms with Crippen LogP contribution in [0.15, 0.2) is 60.7 Å². The second-order valence-electron chi connectivity index (χ2n) is 6.49. The number of ether oxygens (including phenoxy) is 3. The number of fused-ring (bicyclic) bond motifs is 1. The van der Waals surface area contributed by atoms with E-state index in [1.165, 1.54) is 0 Å². The number of esters is 1. The van der Waals surface area contributed by atoms with Crippen molar-refractivity contribution in [3.05, 3.63) is 66.2 Å². The Bertz CT molecular complexity index is 993. The Labute approximate surface area is 169 Å². The molecular formula is C23H23NO5. The van der Waals surface area contributed by atoms with Crippen LogP contribution in [0.1, 0.15) is 12.0 Å². The fourth-order valence-corrected chi connectivity index (χ4v) is 2.94. The van der Waals surface area contributed by atoms with Crippen LogP contribution in [0.4, 0.5) is 5.69 Å². The summed E-state index contributed by atoms with van der Waals surface area (Å²) in [6.45, 7) is -0.326. The van der Waals surface area contributed by atoms with Gasteiger partial charge in [-0.1, -0.05) is 30.3 Å². The summed E-state index contributed by atoms with van der Waals surface area (Å²) < 4.78 is 15.5. The van der Waals surface area contributed by atoms with Crippen molar-refractivity contribution in [2.24, 2.45) is 0 Å². The molecule has 29 heavy (non-hydrogen) atoms. The van der Waals surface area contributed by atoms with Gasteiger partial charge in [-0.3, -0.25) is 9.59 Å². The number of hydrogen-bond donors (Lipinski definition) is 1. The highest BCUT2D eigenvalue weighted by Crippen LogP contribution is 2.23. The Hall–Kier alpha value is -3.54. The van der Waals surface area contributed by atoms with E-state index in [2.05, 4.69) is 5.32 Å². The van der Waals surface area contributed by atoms with E-state index in [4.69, 9.17) is 14.2 Å². The molecular weight excluding hydrogens is 370 g/mol. The first-order chi connectivity index (χ1) is 14.1. The topological polar surface area (TPSA) is 73.9 Å². The zero-order chi connectivity index (χ0) is 20.6. The summed E-state index contributed by atoms with van der Waals surface area (Å²) in [7, 11) is 3.14. The van der Waals surface area contributed by atoms with Crippen molar-refractivity contribution in [1.29, 1.82) is 0 Å². The zero-order valence-electron chi connectivity index (χ0n) is 16.4. The van der Waals surface area contributed by atoms with Gasteiger partial charge in [0.15, 0.2) is 6.61 Å². The molecule has 3 aromatic rings. The molecule has 0 bridgehead atoms. The van der Waals surface area contributed by atoms with Crippen LogP contribution in [0.3, 0.4) is 0 Å². The zero-order valence-corrected chi connectivity index (χ0v) is 16.4. The molecule has 0 aliphatic carbocycles. The van der Waals surface area contributed by atoms with Gasteiger partial charge in [0, 0.05) is 18.2 Å². The fourth-order valence-electron chi connectivity index (χ4n) is 2.94. The predicted octanol–water partition coefficient (Wildman–Crippen LogP) is 3.97. The van der Waals surface area contributed by atoms with E-state index >= 15 is 0 Å². The van der Waals surface area contributed by atoms with E-state index in [-0.39, 0.29) is 18.9 Å². The van der Waals surface area contributed by atoms with Gasteiger partial charge in [0.05, 0.1) is 14.2 Å². The highest BCUT2D eigenvalue weighted by molar-refractivity contribution is 5.95. The average Bonchev–Trinajstić information content (AvgIpc) is 2.75. The van der Waals surface area contributed by atoms with Crippen molar-refractivity contribution >= 4 is 28.3 Å². The summed E-state index contributed by atoms with van der Waals surface area (Å²) in [6, 6.07) is 18.9. The number of hydrogen-bond acceptors (Lipinski definition) is 5. The lowest BCUT2D eigenvalue weighted by Gasteiger charge is -2.09. The number of methoxy groups -OCH3 is 2. The van der Waals surface area contributed by atoms with Gasteiger partial charge in [-0.25, -0.2) is 0 Å². The fraction of sp³-hybridized carbons (Fsp3) is 0.217. The van der Waals surface area contributed by atoms with Crippen LogP contribution in [-0.2, 0) is 20.7 Å². The van der Waals surface area contributed by atoms with Gasteiger partial charge >= 0.3 is 5.97 Å². The molecule has 0 heterocycles. The van der Waals surface area contributed by atoms with E-state index in [1.807, 2.05) is 54.6 Å². The van der Waals surface area contributed by atoms with Crippen molar-refractivity contribution in [2.75, 3.05) is 26.1 Å². The van der Waals surface area contributed by atoms with Gasteiger partial charge in [-0.05, 0) is 47.0 Å². The minimum Gasteiger partial charge on any atom is -0.497 e. The van der Waals surface area contributed by atoms with Crippen molar-refractivity contribution in [3.8, 4) is 11.5 Å². The van der Waals surface area contributed by atoms with Crippen LogP contribution in [-0.4, -0.2) is 32.7 Å².